The quantitative estimate of drug-likeness (QED) is 0.912. The molecular formula is C16H20N2OS. The number of thiophene rings is 1. The summed E-state index contributed by atoms with van der Waals surface area (Å²) in [5.41, 5.74) is 1.10. The molecule has 1 N–H and O–H groups in total. The predicted molar refractivity (Wildman–Crippen MR) is 84.6 cm³/mol. The fourth-order valence-electron chi connectivity index (χ4n) is 2.48. The number of hydrogen-bond donors (Lipinski definition) is 1. The molecule has 1 atom stereocenters. The van der Waals surface area contributed by atoms with Crippen LogP contribution >= 0.6 is 11.3 Å². The molecule has 0 aliphatic carbocycles. The SMILES string of the molecule is CCN(Cc1cccs1)CC1CNc2ccccc2O1. The van der Waals surface area contributed by atoms with E-state index in [-0.39, 0.29) is 6.10 Å². The molecule has 0 saturated carbocycles. The van der Waals surface area contributed by atoms with Gasteiger partial charge in [0.1, 0.15) is 11.9 Å². The van der Waals surface area contributed by atoms with Gasteiger partial charge in [-0.05, 0) is 30.1 Å². The van der Waals surface area contributed by atoms with Gasteiger partial charge in [0, 0.05) is 18.0 Å². The number of hydrogen-bond acceptors (Lipinski definition) is 4. The largest absolute Gasteiger partial charge is 0.485 e. The van der Waals surface area contributed by atoms with Crippen LogP contribution in [0, 0.1) is 0 Å². The zero-order chi connectivity index (χ0) is 13.8. The van der Waals surface area contributed by atoms with Crippen molar-refractivity contribution in [3.8, 4) is 5.75 Å². The molecule has 106 valence electrons. The van der Waals surface area contributed by atoms with E-state index in [1.165, 1.54) is 4.88 Å². The number of nitrogens with zero attached hydrogens (tertiary/aromatic N) is 1. The molecule has 0 bridgehead atoms. The maximum atomic E-state index is 6.08. The van der Waals surface area contributed by atoms with Gasteiger partial charge in [0.05, 0.1) is 12.2 Å². The summed E-state index contributed by atoms with van der Waals surface area (Å²) in [7, 11) is 0. The van der Waals surface area contributed by atoms with E-state index in [0.29, 0.717) is 0 Å². The minimum Gasteiger partial charge on any atom is -0.485 e. The summed E-state index contributed by atoms with van der Waals surface area (Å²) >= 11 is 1.82. The minimum atomic E-state index is 0.213. The van der Waals surface area contributed by atoms with Gasteiger partial charge < -0.3 is 10.1 Å². The fourth-order valence-corrected chi connectivity index (χ4v) is 3.22. The Morgan fingerprint density at radius 3 is 3.00 bits per heavy atom. The van der Waals surface area contributed by atoms with Gasteiger partial charge in [-0.2, -0.15) is 0 Å². The van der Waals surface area contributed by atoms with E-state index in [9.17, 15) is 0 Å². The van der Waals surface area contributed by atoms with E-state index < -0.39 is 0 Å². The van der Waals surface area contributed by atoms with Gasteiger partial charge in [-0.1, -0.05) is 25.1 Å². The van der Waals surface area contributed by atoms with Crippen LogP contribution in [-0.4, -0.2) is 30.6 Å². The average molecular weight is 288 g/mol. The Hall–Kier alpha value is -1.52. The molecule has 2 heterocycles. The maximum Gasteiger partial charge on any atom is 0.142 e. The van der Waals surface area contributed by atoms with Crippen molar-refractivity contribution >= 4 is 17.0 Å². The summed E-state index contributed by atoms with van der Waals surface area (Å²) in [5.74, 6) is 0.968. The molecule has 3 nitrogen and oxygen atoms in total. The van der Waals surface area contributed by atoms with Gasteiger partial charge in [0.2, 0.25) is 0 Å². The minimum absolute atomic E-state index is 0.213. The second-order valence-corrected chi connectivity index (χ2v) is 6.06. The smallest absolute Gasteiger partial charge is 0.142 e. The molecule has 1 aromatic heterocycles. The third kappa shape index (κ3) is 3.14. The fraction of sp³-hybridized carbons (Fsp3) is 0.375. The van der Waals surface area contributed by atoms with Crippen molar-refractivity contribution < 1.29 is 4.74 Å². The summed E-state index contributed by atoms with van der Waals surface area (Å²) in [5, 5.41) is 5.59. The Balaban J connectivity index is 1.60. The van der Waals surface area contributed by atoms with Gasteiger partial charge in [-0.15, -0.1) is 11.3 Å². The summed E-state index contributed by atoms with van der Waals surface area (Å²) in [6.07, 6.45) is 0.213. The molecule has 0 saturated heterocycles. The van der Waals surface area contributed by atoms with Crippen LogP contribution in [0.15, 0.2) is 41.8 Å². The second-order valence-electron chi connectivity index (χ2n) is 5.02. The summed E-state index contributed by atoms with van der Waals surface area (Å²) in [6, 6.07) is 12.5. The Labute approximate surface area is 124 Å². The van der Waals surface area contributed by atoms with E-state index in [4.69, 9.17) is 4.74 Å². The highest BCUT2D eigenvalue weighted by atomic mass is 32.1. The Morgan fingerprint density at radius 2 is 2.20 bits per heavy atom. The summed E-state index contributed by atoms with van der Waals surface area (Å²) in [6.45, 7) is 6.08. The molecule has 20 heavy (non-hydrogen) atoms. The van der Waals surface area contributed by atoms with Crippen molar-refractivity contribution in [2.75, 3.05) is 25.0 Å². The maximum absolute atomic E-state index is 6.08. The molecule has 1 aliphatic heterocycles. The second kappa shape index (κ2) is 6.29. The van der Waals surface area contributed by atoms with Crippen molar-refractivity contribution in [2.45, 2.75) is 19.6 Å². The van der Waals surface area contributed by atoms with E-state index in [1.807, 2.05) is 29.5 Å². The molecular weight excluding hydrogens is 268 g/mol. The average Bonchev–Trinajstić information content (AvgIpc) is 2.99. The lowest BCUT2D eigenvalue weighted by Gasteiger charge is -2.31. The first-order valence-electron chi connectivity index (χ1n) is 7.09. The van der Waals surface area contributed by atoms with E-state index in [0.717, 1.165) is 37.6 Å². The highest BCUT2D eigenvalue weighted by Gasteiger charge is 2.21. The van der Waals surface area contributed by atoms with E-state index in [2.05, 4.69) is 40.7 Å². The molecule has 4 heteroatoms. The van der Waals surface area contributed by atoms with Gasteiger partial charge >= 0.3 is 0 Å². The highest BCUT2D eigenvalue weighted by Crippen LogP contribution is 2.28. The normalized spacial score (nSPS) is 17.4. The van der Waals surface area contributed by atoms with Gasteiger partial charge in [0.25, 0.3) is 0 Å². The molecule has 1 unspecified atom stereocenters. The lowest BCUT2D eigenvalue weighted by molar-refractivity contribution is 0.136. The molecule has 0 fully saturated rings. The number of fused-ring (bicyclic) bond motifs is 1. The highest BCUT2D eigenvalue weighted by molar-refractivity contribution is 7.09. The standard InChI is InChI=1S/C16H20N2OS/c1-2-18(12-14-6-5-9-20-14)11-13-10-17-15-7-3-4-8-16(15)19-13/h3-9,13,17H,2,10-12H2,1H3. The van der Waals surface area contributed by atoms with Crippen molar-refractivity contribution in [1.29, 1.82) is 0 Å². The van der Waals surface area contributed by atoms with Crippen molar-refractivity contribution in [2.24, 2.45) is 0 Å². The predicted octanol–water partition coefficient (Wildman–Crippen LogP) is 3.44. The molecule has 1 aliphatic rings. The number of likely N-dealkylation sites (N-methyl/N-ethyl adjacent to an activating group) is 1. The van der Waals surface area contributed by atoms with Crippen LogP contribution in [-0.2, 0) is 6.54 Å². The topological polar surface area (TPSA) is 24.5 Å². The zero-order valence-corrected chi connectivity index (χ0v) is 12.5. The molecule has 0 amide bonds. The Morgan fingerprint density at radius 1 is 1.30 bits per heavy atom. The van der Waals surface area contributed by atoms with E-state index >= 15 is 0 Å². The van der Waals surface area contributed by atoms with Crippen LogP contribution in [0.3, 0.4) is 0 Å². The number of rotatable bonds is 5. The third-order valence-corrected chi connectivity index (χ3v) is 4.43. The molecule has 0 radical (unpaired) electrons. The first-order chi connectivity index (χ1) is 9.85. The first kappa shape index (κ1) is 13.5. The van der Waals surface area contributed by atoms with E-state index in [1.54, 1.807) is 0 Å². The zero-order valence-electron chi connectivity index (χ0n) is 11.7. The number of ether oxygens (including phenoxy) is 1. The third-order valence-electron chi connectivity index (χ3n) is 3.57. The summed E-state index contributed by atoms with van der Waals surface area (Å²) < 4.78 is 6.08. The van der Waals surface area contributed by atoms with Crippen molar-refractivity contribution in [3.05, 3.63) is 46.7 Å². The van der Waals surface area contributed by atoms with Crippen molar-refractivity contribution in [3.63, 3.8) is 0 Å². The van der Waals surface area contributed by atoms with Crippen LogP contribution in [0.2, 0.25) is 0 Å². The molecule has 1 aromatic carbocycles. The number of para-hydroxylation sites is 2. The van der Waals surface area contributed by atoms with Crippen LogP contribution in [0.4, 0.5) is 5.69 Å². The van der Waals surface area contributed by atoms with Gasteiger partial charge in [-0.25, -0.2) is 0 Å². The van der Waals surface area contributed by atoms with Crippen LogP contribution in [0.5, 0.6) is 5.75 Å². The van der Waals surface area contributed by atoms with Gasteiger partial charge in [-0.3, -0.25) is 4.90 Å². The molecule has 2 aromatic rings. The van der Waals surface area contributed by atoms with Crippen molar-refractivity contribution in [1.82, 2.24) is 4.90 Å². The van der Waals surface area contributed by atoms with Crippen LogP contribution in [0.25, 0.3) is 0 Å². The number of anilines is 1. The molecule has 0 spiro atoms. The monoisotopic (exact) mass is 288 g/mol. The summed E-state index contributed by atoms with van der Waals surface area (Å²) in [4.78, 5) is 3.85. The Kier molecular flexibility index (Phi) is 4.23. The van der Waals surface area contributed by atoms with Gasteiger partial charge in [0.15, 0.2) is 0 Å². The molecule has 3 rings (SSSR count). The number of benzene rings is 1. The Bertz CT molecular complexity index is 541. The lowest BCUT2D eigenvalue weighted by Crippen LogP contribution is -2.41. The van der Waals surface area contributed by atoms with Crippen LogP contribution < -0.4 is 10.1 Å². The first-order valence-corrected chi connectivity index (χ1v) is 7.97. The lowest BCUT2D eigenvalue weighted by atomic mass is 10.2. The number of nitrogens with one attached hydrogen (secondary N) is 1. The van der Waals surface area contributed by atoms with Crippen LogP contribution in [0.1, 0.15) is 11.8 Å².